The quantitative estimate of drug-likeness (QED) is 0.793. The summed E-state index contributed by atoms with van der Waals surface area (Å²) in [6, 6.07) is 3.80. The van der Waals surface area contributed by atoms with Gasteiger partial charge in [-0.15, -0.1) is 0 Å². The smallest absolute Gasteiger partial charge is 0.185 e. The van der Waals surface area contributed by atoms with E-state index in [1.807, 2.05) is 0 Å². The second-order valence-electron chi connectivity index (χ2n) is 3.58. The van der Waals surface area contributed by atoms with Gasteiger partial charge in [-0.1, -0.05) is 29.3 Å². The molecule has 1 atom stereocenters. The summed E-state index contributed by atoms with van der Waals surface area (Å²) >= 11 is 2.92. The Labute approximate surface area is 106 Å². The highest BCUT2D eigenvalue weighted by atomic mass is 79.9. The van der Waals surface area contributed by atoms with Crippen LogP contribution < -0.4 is 0 Å². The van der Waals surface area contributed by atoms with Crippen LogP contribution in [0.2, 0.25) is 0 Å². The van der Waals surface area contributed by atoms with E-state index in [-0.39, 0.29) is 4.47 Å². The molecule has 1 unspecified atom stereocenters. The van der Waals surface area contributed by atoms with Gasteiger partial charge in [0.25, 0.3) is 0 Å². The topological polar surface area (TPSA) is 40.9 Å². The summed E-state index contributed by atoms with van der Waals surface area (Å²) < 4.78 is 27.2. The fraction of sp³-hybridized carbons (Fsp3) is 0.333. The van der Waals surface area contributed by atoms with Crippen LogP contribution in [-0.4, -0.2) is 5.78 Å². The van der Waals surface area contributed by atoms with Crippen molar-refractivity contribution in [2.45, 2.75) is 19.8 Å². The molecule has 2 nitrogen and oxygen atoms in total. The Bertz CT molecular complexity index is 459. The number of halogens is 3. The number of nitriles is 1. The Hall–Kier alpha value is -1.28. The standard InChI is InChI=1S/C12H10BrF2NO/c1-2-3-7(6-16)12(17)11-9(14)4-8(13)5-10(11)15/h4-5,7H,2-3H2,1H3. The lowest BCUT2D eigenvalue weighted by Crippen LogP contribution is -2.16. The van der Waals surface area contributed by atoms with Crippen LogP contribution >= 0.6 is 15.9 Å². The number of Topliss-reactive ketones (excluding diaryl/α,β-unsaturated/α-hetero) is 1. The summed E-state index contributed by atoms with van der Waals surface area (Å²) in [5.74, 6) is -3.68. The van der Waals surface area contributed by atoms with E-state index in [1.165, 1.54) is 0 Å². The number of benzene rings is 1. The minimum absolute atomic E-state index is 0.216. The third-order valence-electron chi connectivity index (χ3n) is 2.30. The molecule has 0 bridgehead atoms. The third kappa shape index (κ3) is 3.10. The number of hydrogen-bond donors (Lipinski definition) is 0. The molecule has 0 fully saturated rings. The monoisotopic (exact) mass is 301 g/mol. The molecule has 0 radical (unpaired) electrons. The van der Waals surface area contributed by atoms with Gasteiger partial charge >= 0.3 is 0 Å². The van der Waals surface area contributed by atoms with Crippen molar-refractivity contribution in [3.8, 4) is 6.07 Å². The van der Waals surface area contributed by atoms with E-state index >= 15 is 0 Å². The van der Waals surface area contributed by atoms with Gasteiger partial charge in [0, 0.05) is 4.47 Å². The lowest BCUT2D eigenvalue weighted by molar-refractivity contribution is 0.0935. The molecule has 0 aliphatic heterocycles. The van der Waals surface area contributed by atoms with Crippen LogP contribution in [0.5, 0.6) is 0 Å². The predicted octanol–water partition coefficient (Wildman–Crippen LogP) is 3.85. The van der Waals surface area contributed by atoms with Gasteiger partial charge in [0.2, 0.25) is 0 Å². The Morgan fingerprint density at radius 2 is 2.00 bits per heavy atom. The molecule has 17 heavy (non-hydrogen) atoms. The SMILES string of the molecule is CCCC(C#N)C(=O)c1c(F)cc(Br)cc1F. The van der Waals surface area contributed by atoms with Crippen molar-refractivity contribution in [1.82, 2.24) is 0 Å². The second kappa shape index (κ2) is 5.87. The molecule has 0 saturated carbocycles. The first-order valence-electron chi connectivity index (χ1n) is 5.09. The molecule has 1 rings (SSSR count). The van der Waals surface area contributed by atoms with E-state index in [0.717, 1.165) is 12.1 Å². The molecule has 0 aliphatic carbocycles. The lowest BCUT2D eigenvalue weighted by Gasteiger charge is -2.09. The highest BCUT2D eigenvalue weighted by molar-refractivity contribution is 9.10. The average molecular weight is 302 g/mol. The third-order valence-corrected chi connectivity index (χ3v) is 2.76. The number of carbonyl (C=O) groups is 1. The minimum Gasteiger partial charge on any atom is -0.292 e. The molecule has 90 valence electrons. The zero-order valence-corrected chi connectivity index (χ0v) is 10.7. The van der Waals surface area contributed by atoms with Crippen molar-refractivity contribution < 1.29 is 13.6 Å². The van der Waals surface area contributed by atoms with E-state index in [9.17, 15) is 13.6 Å². The van der Waals surface area contributed by atoms with Gasteiger partial charge in [0.05, 0.1) is 11.6 Å². The summed E-state index contributed by atoms with van der Waals surface area (Å²) in [7, 11) is 0. The Balaban J connectivity index is 3.17. The van der Waals surface area contributed by atoms with Gasteiger partial charge in [-0.05, 0) is 18.6 Å². The van der Waals surface area contributed by atoms with E-state index in [4.69, 9.17) is 5.26 Å². The van der Waals surface area contributed by atoms with Crippen molar-refractivity contribution in [2.75, 3.05) is 0 Å². The number of ketones is 1. The number of nitrogens with zero attached hydrogens (tertiary/aromatic N) is 1. The van der Waals surface area contributed by atoms with Crippen LogP contribution in [0.3, 0.4) is 0 Å². The van der Waals surface area contributed by atoms with E-state index in [0.29, 0.717) is 12.8 Å². The van der Waals surface area contributed by atoms with E-state index in [1.54, 1.807) is 13.0 Å². The van der Waals surface area contributed by atoms with Gasteiger partial charge in [-0.3, -0.25) is 4.79 Å². The van der Waals surface area contributed by atoms with Crippen LogP contribution in [0, 0.1) is 28.9 Å². The van der Waals surface area contributed by atoms with Crippen LogP contribution in [0.4, 0.5) is 8.78 Å². The van der Waals surface area contributed by atoms with E-state index < -0.39 is 28.9 Å². The first-order valence-corrected chi connectivity index (χ1v) is 5.89. The highest BCUT2D eigenvalue weighted by Gasteiger charge is 2.25. The van der Waals surface area contributed by atoms with Gasteiger partial charge in [0.1, 0.15) is 17.6 Å². The van der Waals surface area contributed by atoms with Crippen LogP contribution in [0.25, 0.3) is 0 Å². The van der Waals surface area contributed by atoms with Crippen molar-refractivity contribution in [1.29, 1.82) is 5.26 Å². The summed E-state index contributed by atoms with van der Waals surface area (Å²) in [6.45, 7) is 1.80. The molecular formula is C12H10BrF2NO. The molecule has 0 aliphatic rings. The largest absolute Gasteiger partial charge is 0.292 e. The normalized spacial score (nSPS) is 11.9. The van der Waals surface area contributed by atoms with Crippen LogP contribution in [0.15, 0.2) is 16.6 Å². The molecule has 0 saturated heterocycles. The molecule has 1 aromatic carbocycles. The summed E-state index contributed by atoms with van der Waals surface area (Å²) in [4.78, 5) is 11.8. The van der Waals surface area contributed by atoms with Gasteiger partial charge in [0.15, 0.2) is 5.78 Å². The van der Waals surface area contributed by atoms with Crippen LogP contribution in [-0.2, 0) is 0 Å². The zero-order chi connectivity index (χ0) is 13.0. The number of hydrogen-bond acceptors (Lipinski definition) is 2. The van der Waals surface area contributed by atoms with Gasteiger partial charge < -0.3 is 0 Å². The number of rotatable bonds is 4. The Kier molecular flexibility index (Phi) is 4.76. The summed E-state index contributed by atoms with van der Waals surface area (Å²) in [6.07, 6.45) is 0.897. The van der Waals surface area contributed by atoms with Gasteiger partial charge in [-0.25, -0.2) is 8.78 Å². The van der Waals surface area contributed by atoms with Crippen molar-refractivity contribution >= 4 is 21.7 Å². The minimum atomic E-state index is -0.995. The zero-order valence-electron chi connectivity index (χ0n) is 9.14. The highest BCUT2D eigenvalue weighted by Crippen LogP contribution is 2.23. The molecule has 0 aromatic heterocycles. The first-order chi connectivity index (χ1) is 8.01. The molecule has 0 spiro atoms. The van der Waals surface area contributed by atoms with Crippen molar-refractivity contribution in [3.63, 3.8) is 0 Å². The maximum Gasteiger partial charge on any atom is 0.185 e. The lowest BCUT2D eigenvalue weighted by atomic mass is 9.94. The fourth-order valence-electron chi connectivity index (χ4n) is 1.49. The summed E-state index contributed by atoms with van der Waals surface area (Å²) in [5, 5.41) is 8.80. The molecule has 0 amide bonds. The molecule has 1 aromatic rings. The molecule has 0 N–H and O–H groups in total. The molecular weight excluding hydrogens is 292 g/mol. The summed E-state index contributed by atoms with van der Waals surface area (Å²) in [5.41, 5.74) is -0.631. The van der Waals surface area contributed by atoms with Crippen LogP contribution in [0.1, 0.15) is 30.1 Å². The number of carbonyl (C=O) groups excluding carboxylic acids is 1. The maximum absolute atomic E-state index is 13.5. The second-order valence-corrected chi connectivity index (χ2v) is 4.49. The maximum atomic E-state index is 13.5. The van der Waals surface area contributed by atoms with Gasteiger partial charge in [-0.2, -0.15) is 5.26 Å². The van der Waals surface area contributed by atoms with E-state index in [2.05, 4.69) is 15.9 Å². The van der Waals surface area contributed by atoms with Crippen molar-refractivity contribution in [2.24, 2.45) is 5.92 Å². The first kappa shape index (κ1) is 13.8. The Morgan fingerprint density at radius 1 is 1.47 bits per heavy atom. The molecule has 0 heterocycles. The van der Waals surface area contributed by atoms with Crippen molar-refractivity contribution in [3.05, 3.63) is 33.8 Å². The average Bonchev–Trinajstić information content (AvgIpc) is 2.24. The predicted molar refractivity (Wildman–Crippen MR) is 62.4 cm³/mol. The fourth-order valence-corrected chi connectivity index (χ4v) is 1.90. The molecule has 5 heteroatoms. The Morgan fingerprint density at radius 3 is 2.41 bits per heavy atom.